The van der Waals surface area contributed by atoms with Crippen LogP contribution in [0, 0.1) is 0 Å². The van der Waals surface area contributed by atoms with Gasteiger partial charge in [0.05, 0.1) is 5.56 Å². The van der Waals surface area contributed by atoms with Crippen molar-refractivity contribution < 1.29 is 14.6 Å². The molecule has 30 heavy (non-hydrogen) atoms. The van der Waals surface area contributed by atoms with Gasteiger partial charge in [0.25, 0.3) is 5.91 Å². The minimum atomic E-state index is -0.417. The van der Waals surface area contributed by atoms with Gasteiger partial charge in [-0.1, -0.05) is 48.4 Å². The molecule has 0 saturated heterocycles. The van der Waals surface area contributed by atoms with Gasteiger partial charge in [0, 0.05) is 16.6 Å². The van der Waals surface area contributed by atoms with E-state index in [0.717, 1.165) is 18.6 Å². The van der Waals surface area contributed by atoms with Crippen molar-refractivity contribution in [3.63, 3.8) is 0 Å². The lowest BCUT2D eigenvalue weighted by Gasteiger charge is -2.32. The second-order valence-corrected chi connectivity index (χ2v) is 8.03. The lowest BCUT2D eigenvalue weighted by Crippen LogP contribution is -2.28. The summed E-state index contributed by atoms with van der Waals surface area (Å²) in [5, 5.41) is 13.1. The number of hydrogen-bond donors (Lipinski definition) is 2. The molecule has 0 heterocycles. The Hall–Kier alpha value is -2.98. The number of nitrogens with one attached hydrogen (secondary N) is 1. The van der Waals surface area contributed by atoms with E-state index in [-0.39, 0.29) is 17.4 Å². The second kappa shape index (κ2) is 9.23. The molecule has 4 rings (SSSR count). The van der Waals surface area contributed by atoms with Crippen LogP contribution in [0.4, 0.5) is 5.69 Å². The summed E-state index contributed by atoms with van der Waals surface area (Å²) in [7, 11) is 0. The molecule has 0 spiro atoms. The average molecular weight is 422 g/mol. The molecule has 0 aliphatic heterocycles. The third-order valence-electron chi connectivity index (χ3n) is 5.53. The summed E-state index contributed by atoms with van der Waals surface area (Å²) >= 11 is 5.93. The molecule has 2 unspecified atom stereocenters. The Morgan fingerprint density at radius 2 is 1.70 bits per heavy atom. The molecule has 0 aromatic heterocycles. The van der Waals surface area contributed by atoms with Gasteiger partial charge in [0.2, 0.25) is 0 Å². The Morgan fingerprint density at radius 3 is 2.47 bits per heavy atom. The topological polar surface area (TPSA) is 58.6 Å². The quantitative estimate of drug-likeness (QED) is 0.500. The van der Waals surface area contributed by atoms with Crippen molar-refractivity contribution in [2.75, 3.05) is 5.32 Å². The average Bonchev–Trinajstić information content (AvgIpc) is 2.78. The molecule has 1 fully saturated rings. The number of phenolic OH excluding ortho intramolecular Hbond substituents is 1. The fourth-order valence-corrected chi connectivity index (χ4v) is 4.17. The number of hydrogen-bond acceptors (Lipinski definition) is 3. The molecule has 3 aromatic carbocycles. The monoisotopic (exact) mass is 421 g/mol. The van der Waals surface area contributed by atoms with E-state index in [1.165, 1.54) is 36.6 Å². The highest BCUT2D eigenvalue weighted by Crippen LogP contribution is 2.36. The van der Waals surface area contributed by atoms with Crippen LogP contribution in [-0.4, -0.2) is 17.1 Å². The maximum Gasteiger partial charge on any atom is 0.259 e. The van der Waals surface area contributed by atoms with Gasteiger partial charge in [-0.25, -0.2) is 0 Å². The van der Waals surface area contributed by atoms with E-state index in [1.54, 1.807) is 12.1 Å². The summed E-state index contributed by atoms with van der Waals surface area (Å²) in [5.74, 6) is 0.651. The van der Waals surface area contributed by atoms with E-state index in [4.69, 9.17) is 16.3 Å². The van der Waals surface area contributed by atoms with Gasteiger partial charge >= 0.3 is 0 Å². The van der Waals surface area contributed by atoms with E-state index in [2.05, 4.69) is 29.6 Å². The number of benzene rings is 3. The maximum absolute atomic E-state index is 12.4. The Balaban J connectivity index is 1.43. The molecule has 154 valence electrons. The SMILES string of the molecule is O=C(Nc1ccc(OC2CCCCC2c2ccccc2)cc1)c1cc(Cl)ccc1O. The summed E-state index contributed by atoms with van der Waals surface area (Å²) < 4.78 is 6.33. The highest BCUT2D eigenvalue weighted by atomic mass is 35.5. The number of carbonyl (C=O) groups is 1. The molecule has 3 aromatic rings. The molecule has 0 bridgehead atoms. The van der Waals surface area contributed by atoms with Gasteiger partial charge in [-0.2, -0.15) is 0 Å². The number of rotatable bonds is 5. The molecule has 5 heteroatoms. The third kappa shape index (κ3) is 4.77. The Bertz CT molecular complexity index is 1000. The molecule has 1 aliphatic rings. The first-order valence-corrected chi connectivity index (χ1v) is 10.6. The van der Waals surface area contributed by atoms with Crippen molar-refractivity contribution >= 4 is 23.2 Å². The van der Waals surface area contributed by atoms with Crippen LogP contribution in [0.25, 0.3) is 0 Å². The van der Waals surface area contributed by atoms with Crippen molar-refractivity contribution in [3.8, 4) is 11.5 Å². The van der Waals surface area contributed by atoms with Gasteiger partial charge in [-0.05, 0) is 67.3 Å². The first kappa shape index (κ1) is 20.3. The lowest BCUT2D eigenvalue weighted by molar-refractivity contribution is 0.102. The summed E-state index contributed by atoms with van der Waals surface area (Å²) in [6.07, 6.45) is 4.70. The van der Waals surface area contributed by atoms with Crippen LogP contribution in [0.3, 0.4) is 0 Å². The highest BCUT2D eigenvalue weighted by Gasteiger charge is 2.28. The van der Waals surface area contributed by atoms with Gasteiger partial charge in [0.1, 0.15) is 17.6 Å². The van der Waals surface area contributed by atoms with E-state index in [9.17, 15) is 9.90 Å². The molecule has 1 amide bonds. The van der Waals surface area contributed by atoms with Crippen LogP contribution in [0.2, 0.25) is 5.02 Å². The summed E-state index contributed by atoms with van der Waals surface area (Å²) in [5.41, 5.74) is 2.08. The van der Waals surface area contributed by atoms with Gasteiger partial charge in [-0.15, -0.1) is 0 Å². The standard InChI is InChI=1S/C25H24ClNO3/c26-18-10-15-23(28)22(16-18)25(29)27-19-11-13-20(14-12-19)30-24-9-5-4-8-21(24)17-6-2-1-3-7-17/h1-3,6-7,10-16,21,24,28H,4-5,8-9H2,(H,27,29). The van der Waals surface area contributed by atoms with Crippen LogP contribution in [0.15, 0.2) is 72.8 Å². The Morgan fingerprint density at radius 1 is 0.967 bits per heavy atom. The maximum atomic E-state index is 12.4. The zero-order valence-electron chi connectivity index (χ0n) is 16.6. The summed E-state index contributed by atoms with van der Waals surface area (Å²) in [6, 6.07) is 22.3. The fourth-order valence-electron chi connectivity index (χ4n) is 4.00. The van der Waals surface area contributed by atoms with E-state index in [1.807, 2.05) is 18.2 Å². The minimum absolute atomic E-state index is 0.110. The summed E-state index contributed by atoms with van der Waals surface area (Å²) in [4.78, 5) is 12.4. The number of halogens is 1. The molecule has 0 radical (unpaired) electrons. The first-order chi connectivity index (χ1) is 14.6. The number of carbonyl (C=O) groups excluding carboxylic acids is 1. The van der Waals surface area contributed by atoms with Gasteiger partial charge in [-0.3, -0.25) is 4.79 Å². The predicted molar refractivity (Wildman–Crippen MR) is 120 cm³/mol. The van der Waals surface area contributed by atoms with Crippen LogP contribution >= 0.6 is 11.6 Å². The van der Waals surface area contributed by atoms with Crippen LogP contribution < -0.4 is 10.1 Å². The van der Waals surface area contributed by atoms with E-state index < -0.39 is 5.91 Å². The predicted octanol–water partition coefficient (Wildman–Crippen LogP) is 6.40. The van der Waals surface area contributed by atoms with Gasteiger partial charge < -0.3 is 15.2 Å². The van der Waals surface area contributed by atoms with Crippen molar-refractivity contribution in [1.82, 2.24) is 0 Å². The fraction of sp³-hybridized carbons (Fsp3) is 0.240. The zero-order chi connectivity index (χ0) is 20.9. The Kier molecular flexibility index (Phi) is 6.24. The van der Waals surface area contributed by atoms with Crippen LogP contribution in [-0.2, 0) is 0 Å². The number of phenols is 1. The third-order valence-corrected chi connectivity index (χ3v) is 5.77. The lowest BCUT2D eigenvalue weighted by atomic mass is 9.81. The van der Waals surface area contributed by atoms with Crippen LogP contribution in [0.5, 0.6) is 11.5 Å². The molecular weight excluding hydrogens is 398 g/mol. The normalized spacial score (nSPS) is 18.6. The van der Waals surface area contributed by atoms with Crippen LogP contribution in [0.1, 0.15) is 47.5 Å². The first-order valence-electron chi connectivity index (χ1n) is 10.2. The number of anilines is 1. The smallest absolute Gasteiger partial charge is 0.259 e. The van der Waals surface area contributed by atoms with E-state index in [0.29, 0.717) is 16.6 Å². The second-order valence-electron chi connectivity index (χ2n) is 7.60. The molecule has 2 N–H and O–H groups in total. The molecule has 1 aliphatic carbocycles. The highest BCUT2D eigenvalue weighted by molar-refractivity contribution is 6.31. The molecule has 4 nitrogen and oxygen atoms in total. The molecule has 2 atom stereocenters. The number of aromatic hydroxyl groups is 1. The summed E-state index contributed by atoms with van der Waals surface area (Å²) in [6.45, 7) is 0. The molecular formula is C25H24ClNO3. The van der Waals surface area contributed by atoms with Crippen molar-refractivity contribution in [2.24, 2.45) is 0 Å². The Labute approximate surface area is 181 Å². The van der Waals surface area contributed by atoms with Crippen molar-refractivity contribution in [3.05, 3.63) is 88.9 Å². The zero-order valence-corrected chi connectivity index (χ0v) is 17.3. The van der Waals surface area contributed by atoms with Crippen molar-refractivity contribution in [1.29, 1.82) is 0 Å². The number of ether oxygens (including phenoxy) is 1. The van der Waals surface area contributed by atoms with Gasteiger partial charge in [0.15, 0.2) is 0 Å². The van der Waals surface area contributed by atoms with E-state index >= 15 is 0 Å². The molecule has 1 saturated carbocycles. The minimum Gasteiger partial charge on any atom is -0.507 e. The number of amides is 1. The van der Waals surface area contributed by atoms with Crippen molar-refractivity contribution in [2.45, 2.75) is 37.7 Å². The largest absolute Gasteiger partial charge is 0.507 e.